The van der Waals surface area contributed by atoms with E-state index < -0.39 is 0 Å². The van der Waals surface area contributed by atoms with Gasteiger partial charge in [0.05, 0.1) is 0 Å². The molecule has 0 saturated carbocycles. The van der Waals surface area contributed by atoms with E-state index in [0.717, 1.165) is 26.2 Å². The van der Waals surface area contributed by atoms with E-state index in [-0.39, 0.29) is 0 Å². The summed E-state index contributed by atoms with van der Waals surface area (Å²) in [6, 6.07) is 2.89. The van der Waals surface area contributed by atoms with Gasteiger partial charge in [-0.2, -0.15) is 0 Å². The van der Waals surface area contributed by atoms with Gasteiger partial charge in [-0.05, 0) is 43.8 Å². The van der Waals surface area contributed by atoms with Gasteiger partial charge in [0.15, 0.2) is 0 Å². The van der Waals surface area contributed by atoms with Gasteiger partial charge in [0, 0.05) is 30.6 Å². The molecule has 0 aliphatic carbocycles. The van der Waals surface area contributed by atoms with Crippen molar-refractivity contribution < 1.29 is 0 Å². The van der Waals surface area contributed by atoms with Crippen LogP contribution in [0.25, 0.3) is 0 Å². The lowest BCUT2D eigenvalue weighted by Crippen LogP contribution is -2.37. The van der Waals surface area contributed by atoms with Gasteiger partial charge >= 0.3 is 0 Å². The van der Waals surface area contributed by atoms with Crippen LogP contribution in [0.2, 0.25) is 0 Å². The highest BCUT2D eigenvalue weighted by atomic mass is 32.1. The summed E-state index contributed by atoms with van der Waals surface area (Å²) in [5.41, 5.74) is 1.41. The third-order valence-corrected chi connectivity index (χ3v) is 4.47. The maximum absolute atomic E-state index is 3.54. The summed E-state index contributed by atoms with van der Waals surface area (Å²) in [4.78, 5) is 4.01. The molecular weight excluding hydrogens is 228 g/mol. The Hall–Kier alpha value is -0.380. The first-order valence-corrected chi connectivity index (χ1v) is 7.54. The number of rotatable bonds is 8. The van der Waals surface area contributed by atoms with Crippen LogP contribution in [0.1, 0.15) is 37.6 Å². The summed E-state index contributed by atoms with van der Waals surface area (Å²) in [7, 11) is 0. The molecule has 1 N–H and O–H groups in total. The molecule has 3 heteroatoms. The number of nitrogens with one attached hydrogen (secondary N) is 1. The summed E-state index contributed by atoms with van der Waals surface area (Å²) in [6.07, 6.45) is 1.23. The molecule has 0 bridgehead atoms. The number of hydrogen-bond acceptors (Lipinski definition) is 3. The Morgan fingerprint density at radius 2 is 2.18 bits per heavy atom. The van der Waals surface area contributed by atoms with Crippen molar-refractivity contribution in [1.82, 2.24) is 10.2 Å². The molecule has 0 aliphatic rings. The molecule has 2 nitrogen and oxygen atoms in total. The molecule has 1 unspecified atom stereocenters. The maximum Gasteiger partial charge on any atom is 0.0302 e. The van der Waals surface area contributed by atoms with Crippen LogP contribution in [0.15, 0.2) is 11.4 Å². The highest BCUT2D eigenvalue weighted by molar-refractivity contribution is 7.10. The van der Waals surface area contributed by atoms with Crippen molar-refractivity contribution in [3.63, 3.8) is 0 Å². The average molecular weight is 254 g/mol. The molecule has 1 aromatic rings. The Labute approximate surface area is 110 Å². The van der Waals surface area contributed by atoms with E-state index in [1.165, 1.54) is 16.9 Å². The van der Waals surface area contributed by atoms with Crippen molar-refractivity contribution in [3.05, 3.63) is 21.9 Å². The van der Waals surface area contributed by atoms with E-state index in [0.29, 0.717) is 6.04 Å². The summed E-state index contributed by atoms with van der Waals surface area (Å²) in [5, 5.41) is 5.71. The standard InChI is InChI=1S/C14H26N2S/c1-5-13(4)16(6-2)9-8-15-11-14-12(3)7-10-17-14/h7,10,13,15H,5-6,8-9,11H2,1-4H3. The zero-order valence-corrected chi connectivity index (χ0v) is 12.4. The van der Waals surface area contributed by atoms with Crippen molar-refractivity contribution in [2.75, 3.05) is 19.6 Å². The first kappa shape index (κ1) is 14.7. The molecule has 0 amide bonds. The van der Waals surface area contributed by atoms with Gasteiger partial charge in [-0.1, -0.05) is 13.8 Å². The van der Waals surface area contributed by atoms with Gasteiger partial charge in [-0.3, -0.25) is 4.90 Å². The van der Waals surface area contributed by atoms with Gasteiger partial charge < -0.3 is 5.32 Å². The van der Waals surface area contributed by atoms with E-state index in [4.69, 9.17) is 0 Å². The van der Waals surface area contributed by atoms with Crippen LogP contribution in [0.5, 0.6) is 0 Å². The van der Waals surface area contributed by atoms with Crippen molar-refractivity contribution >= 4 is 11.3 Å². The quantitative estimate of drug-likeness (QED) is 0.716. The van der Waals surface area contributed by atoms with Crippen molar-refractivity contribution in [2.24, 2.45) is 0 Å². The van der Waals surface area contributed by atoms with Gasteiger partial charge in [0.2, 0.25) is 0 Å². The van der Waals surface area contributed by atoms with Crippen LogP contribution in [-0.4, -0.2) is 30.6 Å². The number of thiophene rings is 1. The molecule has 0 aromatic carbocycles. The Morgan fingerprint density at radius 3 is 2.71 bits per heavy atom. The minimum atomic E-state index is 0.699. The Bertz CT molecular complexity index is 309. The van der Waals surface area contributed by atoms with E-state index in [1.807, 2.05) is 11.3 Å². The van der Waals surface area contributed by atoms with Crippen LogP contribution in [-0.2, 0) is 6.54 Å². The Kier molecular flexibility index (Phi) is 6.78. The molecule has 0 aliphatic heterocycles. The van der Waals surface area contributed by atoms with Crippen LogP contribution in [0.3, 0.4) is 0 Å². The minimum absolute atomic E-state index is 0.699. The molecule has 17 heavy (non-hydrogen) atoms. The van der Waals surface area contributed by atoms with Gasteiger partial charge in [0.1, 0.15) is 0 Å². The third-order valence-electron chi connectivity index (χ3n) is 3.45. The second-order valence-electron chi connectivity index (χ2n) is 4.59. The molecular formula is C14H26N2S. The van der Waals surface area contributed by atoms with Crippen molar-refractivity contribution in [3.8, 4) is 0 Å². The summed E-state index contributed by atoms with van der Waals surface area (Å²) >= 11 is 1.85. The van der Waals surface area contributed by atoms with Crippen LogP contribution in [0, 0.1) is 6.92 Å². The first-order chi connectivity index (χ1) is 8.19. The smallest absolute Gasteiger partial charge is 0.0302 e. The summed E-state index contributed by atoms with van der Waals surface area (Å²) in [5.74, 6) is 0. The van der Waals surface area contributed by atoms with Crippen LogP contribution < -0.4 is 5.32 Å². The lowest BCUT2D eigenvalue weighted by molar-refractivity contribution is 0.215. The van der Waals surface area contributed by atoms with E-state index in [2.05, 4.69) is 49.4 Å². The maximum atomic E-state index is 3.54. The van der Waals surface area contributed by atoms with Crippen molar-refractivity contribution in [1.29, 1.82) is 0 Å². The monoisotopic (exact) mass is 254 g/mol. The third kappa shape index (κ3) is 4.78. The van der Waals surface area contributed by atoms with Gasteiger partial charge in [-0.25, -0.2) is 0 Å². The minimum Gasteiger partial charge on any atom is -0.311 e. The first-order valence-electron chi connectivity index (χ1n) is 6.66. The second-order valence-corrected chi connectivity index (χ2v) is 5.59. The number of likely N-dealkylation sites (N-methyl/N-ethyl adjacent to an activating group) is 1. The lowest BCUT2D eigenvalue weighted by atomic mass is 10.2. The molecule has 0 spiro atoms. The number of aryl methyl sites for hydroxylation is 1. The van der Waals surface area contributed by atoms with E-state index >= 15 is 0 Å². The highest BCUT2D eigenvalue weighted by Gasteiger charge is 2.08. The van der Waals surface area contributed by atoms with Gasteiger partial charge in [-0.15, -0.1) is 11.3 Å². The highest BCUT2D eigenvalue weighted by Crippen LogP contribution is 2.14. The molecule has 1 rings (SSSR count). The summed E-state index contributed by atoms with van der Waals surface area (Å²) in [6.45, 7) is 13.4. The zero-order chi connectivity index (χ0) is 12.7. The summed E-state index contributed by atoms with van der Waals surface area (Å²) < 4.78 is 0. The normalized spacial score (nSPS) is 13.2. The number of nitrogens with zero attached hydrogens (tertiary/aromatic N) is 1. The average Bonchev–Trinajstić information content (AvgIpc) is 2.74. The molecule has 1 atom stereocenters. The molecule has 0 radical (unpaired) electrons. The SMILES string of the molecule is CCC(C)N(CC)CCNCc1sccc1C. The molecule has 1 heterocycles. The fourth-order valence-corrected chi connectivity index (χ4v) is 2.83. The van der Waals surface area contributed by atoms with Crippen molar-refractivity contribution in [2.45, 2.75) is 46.7 Å². The predicted octanol–water partition coefficient (Wildman–Crippen LogP) is 3.27. The Balaban J connectivity index is 2.21. The van der Waals surface area contributed by atoms with Crippen LogP contribution >= 0.6 is 11.3 Å². The molecule has 0 fully saturated rings. The molecule has 0 saturated heterocycles. The predicted molar refractivity (Wildman–Crippen MR) is 77.8 cm³/mol. The molecule has 1 aromatic heterocycles. The largest absolute Gasteiger partial charge is 0.311 e. The second kappa shape index (κ2) is 7.85. The van der Waals surface area contributed by atoms with Gasteiger partial charge in [0.25, 0.3) is 0 Å². The zero-order valence-electron chi connectivity index (χ0n) is 11.6. The van der Waals surface area contributed by atoms with E-state index in [9.17, 15) is 0 Å². The fraction of sp³-hybridized carbons (Fsp3) is 0.714. The lowest BCUT2D eigenvalue weighted by Gasteiger charge is -2.26. The fourth-order valence-electron chi connectivity index (χ4n) is 1.96. The van der Waals surface area contributed by atoms with E-state index in [1.54, 1.807) is 0 Å². The number of hydrogen-bond donors (Lipinski definition) is 1. The topological polar surface area (TPSA) is 15.3 Å². The van der Waals surface area contributed by atoms with Crippen LogP contribution in [0.4, 0.5) is 0 Å². The Morgan fingerprint density at radius 1 is 1.41 bits per heavy atom. The molecule has 98 valence electrons.